The van der Waals surface area contributed by atoms with Crippen LogP contribution in [0.3, 0.4) is 0 Å². The summed E-state index contributed by atoms with van der Waals surface area (Å²) in [6.45, 7) is 2.26. The van der Waals surface area contributed by atoms with Gasteiger partial charge in [-0.1, -0.05) is 12.1 Å². The van der Waals surface area contributed by atoms with Crippen molar-refractivity contribution < 1.29 is 31.1 Å². The first-order valence-electron chi connectivity index (χ1n) is 7.89. The molecule has 138 valence electrons. The maximum Gasteiger partial charge on any atom is 0.419 e. The van der Waals surface area contributed by atoms with Gasteiger partial charge in [-0.3, -0.25) is 4.79 Å². The smallest absolute Gasteiger partial charge is 0.419 e. The quantitative estimate of drug-likeness (QED) is 0.805. The normalized spacial score (nSPS) is 22.0. The number of halogens is 3. The molecule has 5 nitrogen and oxygen atoms in total. The molecule has 0 radical (unpaired) electrons. The number of nitrogens with zero attached hydrogens (tertiary/aromatic N) is 1. The lowest BCUT2D eigenvalue weighted by Crippen LogP contribution is -2.59. The number of benzene rings is 1. The van der Waals surface area contributed by atoms with E-state index in [0.717, 1.165) is 6.07 Å². The zero-order chi connectivity index (χ0) is 18.4. The van der Waals surface area contributed by atoms with Crippen LogP contribution in [-0.2, 0) is 20.8 Å². The summed E-state index contributed by atoms with van der Waals surface area (Å²) in [6.07, 6.45) is -5.61. The lowest BCUT2D eigenvalue weighted by molar-refractivity contribution is -0.148. The number of rotatable bonds is 4. The summed E-state index contributed by atoms with van der Waals surface area (Å²) in [6, 6.07) is 4.77. The highest BCUT2D eigenvalue weighted by atomic mass is 32.2. The zero-order valence-electron chi connectivity index (χ0n) is 13.5. The molecule has 25 heavy (non-hydrogen) atoms. The number of hydrogen-bond donors (Lipinski definition) is 0. The molecule has 1 amide bonds. The molecular formula is C16H18F3NO4S. The molecule has 0 aliphatic carbocycles. The number of para-hydroxylation sites is 1. The number of hydrogen-bond acceptors (Lipinski definition) is 4. The van der Waals surface area contributed by atoms with E-state index < -0.39 is 33.6 Å². The Labute approximate surface area is 143 Å². The number of carbonyl (C=O) groups is 1. The molecule has 0 aromatic heterocycles. The topological polar surface area (TPSA) is 63.7 Å². The van der Waals surface area contributed by atoms with Crippen LogP contribution in [0.5, 0.6) is 5.75 Å². The van der Waals surface area contributed by atoms with Crippen molar-refractivity contribution in [3.8, 4) is 5.75 Å². The molecule has 2 fully saturated rings. The first-order chi connectivity index (χ1) is 11.6. The summed E-state index contributed by atoms with van der Waals surface area (Å²) < 4.78 is 66.5. The van der Waals surface area contributed by atoms with Crippen molar-refractivity contribution in [1.29, 1.82) is 0 Å². The van der Waals surface area contributed by atoms with Crippen LogP contribution in [0.1, 0.15) is 12.5 Å². The van der Waals surface area contributed by atoms with Gasteiger partial charge in [0.05, 0.1) is 17.1 Å². The van der Waals surface area contributed by atoms with Gasteiger partial charge in [0, 0.05) is 13.1 Å². The maximum absolute atomic E-state index is 13.0. The van der Waals surface area contributed by atoms with Gasteiger partial charge in [-0.15, -0.1) is 0 Å². The number of amides is 1. The van der Waals surface area contributed by atoms with Crippen molar-refractivity contribution in [3.05, 3.63) is 29.8 Å². The highest BCUT2D eigenvalue weighted by molar-refractivity contribution is 7.92. The molecule has 2 aliphatic rings. The summed E-state index contributed by atoms with van der Waals surface area (Å²) in [5, 5.41) is 0. The Morgan fingerprint density at radius 3 is 2.36 bits per heavy atom. The minimum Gasteiger partial charge on any atom is -0.480 e. The average molecular weight is 377 g/mol. The van der Waals surface area contributed by atoms with Crippen LogP contribution in [0, 0.1) is 11.8 Å². The van der Waals surface area contributed by atoms with Crippen molar-refractivity contribution in [2.45, 2.75) is 19.2 Å². The van der Waals surface area contributed by atoms with Gasteiger partial charge in [-0.2, -0.15) is 13.2 Å². The van der Waals surface area contributed by atoms with Crippen molar-refractivity contribution in [1.82, 2.24) is 4.90 Å². The first-order valence-corrected chi connectivity index (χ1v) is 9.71. The second kappa shape index (κ2) is 6.19. The molecular weight excluding hydrogens is 359 g/mol. The lowest BCUT2D eigenvalue weighted by atomic mass is 9.87. The van der Waals surface area contributed by atoms with Gasteiger partial charge < -0.3 is 9.64 Å². The van der Waals surface area contributed by atoms with E-state index in [-0.39, 0.29) is 29.1 Å². The SMILES string of the molecule is CC(Oc1ccccc1C(F)(F)F)C(=O)N1CC(C2CS(=O)(=O)C2)C1. The monoisotopic (exact) mass is 377 g/mol. The predicted molar refractivity (Wildman–Crippen MR) is 83.7 cm³/mol. The molecule has 1 aromatic carbocycles. The average Bonchev–Trinajstić information content (AvgIpc) is 2.43. The van der Waals surface area contributed by atoms with Crippen molar-refractivity contribution >= 4 is 15.7 Å². The molecule has 2 aliphatic heterocycles. The van der Waals surface area contributed by atoms with E-state index in [1.165, 1.54) is 30.0 Å². The van der Waals surface area contributed by atoms with Gasteiger partial charge in [0.15, 0.2) is 15.9 Å². The van der Waals surface area contributed by atoms with Crippen LogP contribution in [0.4, 0.5) is 13.2 Å². The second-order valence-electron chi connectivity index (χ2n) is 6.59. The fourth-order valence-corrected chi connectivity index (χ4v) is 4.92. The summed E-state index contributed by atoms with van der Waals surface area (Å²) in [4.78, 5) is 13.8. The molecule has 1 unspecified atom stereocenters. The Morgan fingerprint density at radius 1 is 1.20 bits per heavy atom. The van der Waals surface area contributed by atoms with E-state index in [9.17, 15) is 26.4 Å². The first kappa shape index (κ1) is 18.0. The molecule has 3 rings (SSSR count). The number of ether oxygens (including phenoxy) is 1. The van der Waals surface area contributed by atoms with E-state index in [1.54, 1.807) is 0 Å². The van der Waals surface area contributed by atoms with E-state index in [0.29, 0.717) is 13.1 Å². The molecule has 0 saturated carbocycles. The Kier molecular flexibility index (Phi) is 4.47. The van der Waals surface area contributed by atoms with Gasteiger partial charge in [0.2, 0.25) is 0 Å². The minimum atomic E-state index is -4.56. The van der Waals surface area contributed by atoms with Gasteiger partial charge in [-0.25, -0.2) is 8.42 Å². The molecule has 0 N–H and O–H groups in total. The summed E-state index contributed by atoms with van der Waals surface area (Å²) in [7, 11) is -2.90. The van der Waals surface area contributed by atoms with E-state index in [1.807, 2.05) is 0 Å². The number of carbonyl (C=O) groups excluding carboxylic acids is 1. The van der Waals surface area contributed by atoms with Crippen LogP contribution in [-0.4, -0.2) is 49.9 Å². The van der Waals surface area contributed by atoms with Gasteiger partial charge in [-0.05, 0) is 30.9 Å². The molecule has 2 saturated heterocycles. The molecule has 2 heterocycles. The maximum atomic E-state index is 13.0. The number of alkyl halides is 3. The Morgan fingerprint density at radius 2 is 1.80 bits per heavy atom. The van der Waals surface area contributed by atoms with E-state index in [4.69, 9.17) is 4.74 Å². The minimum absolute atomic E-state index is 0.0798. The fraction of sp³-hybridized carbons (Fsp3) is 0.562. The van der Waals surface area contributed by atoms with Crippen LogP contribution >= 0.6 is 0 Å². The Balaban J connectivity index is 1.56. The fourth-order valence-electron chi connectivity index (χ4n) is 3.17. The Hall–Kier alpha value is -1.77. The molecule has 0 spiro atoms. The third-order valence-corrected chi connectivity index (χ3v) is 6.54. The molecule has 9 heteroatoms. The van der Waals surface area contributed by atoms with E-state index >= 15 is 0 Å². The van der Waals surface area contributed by atoms with Gasteiger partial charge in [0.1, 0.15) is 5.75 Å². The van der Waals surface area contributed by atoms with E-state index in [2.05, 4.69) is 0 Å². The highest BCUT2D eigenvalue weighted by Gasteiger charge is 2.45. The standard InChI is InChI=1S/C16H18F3NO4S/c1-10(24-14-5-3-2-4-13(14)16(17,18)19)15(21)20-6-11(7-20)12-8-25(22,23)9-12/h2-5,10-12H,6-9H2,1H3. The van der Waals surface area contributed by atoms with Crippen LogP contribution in [0.2, 0.25) is 0 Å². The van der Waals surface area contributed by atoms with Crippen molar-refractivity contribution in [2.24, 2.45) is 11.8 Å². The molecule has 1 atom stereocenters. The summed E-state index contributed by atoms with van der Waals surface area (Å²) >= 11 is 0. The third kappa shape index (κ3) is 3.75. The number of likely N-dealkylation sites (tertiary alicyclic amines) is 1. The van der Waals surface area contributed by atoms with Crippen molar-refractivity contribution in [2.75, 3.05) is 24.6 Å². The third-order valence-electron chi connectivity index (χ3n) is 4.67. The predicted octanol–water partition coefficient (Wildman–Crippen LogP) is 1.98. The van der Waals surface area contributed by atoms with Crippen LogP contribution in [0.15, 0.2) is 24.3 Å². The zero-order valence-corrected chi connectivity index (χ0v) is 14.3. The molecule has 1 aromatic rings. The van der Waals surface area contributed by atoms with Crippen LogP contribution < -0.4 is 4.74 Å². The van der Waals surface area contributed by atoms with Gasteiger partial charge >= 0.3 is 6.18 Å². The lowest BCUT2D eigenvalue weighted by Gasteiger charge is -2.46. The van der Waals surface area contributed by atoms with Crippen LogP contribution in [0.25, 0.3) is 0 Å². The van der Waals surface area contributed by atoms with Gasteiger partial charge in [0.25, 0.3) is 5.91 Å². The largest absolute Gasteiger partial charge is 0.480 e. The summed E-state index contributed by atoms with van der Waals surface area (Å²) in [5.41, 5.74) is -0.921. The van der Waals surface area contributed by atoms with Crippen molar-refractivity contribution in [3.63, 3.8) is 0 Å². The number of sulfone groups is 1. The highest BCUT2D eigenvalue weighted by Crippen LogP contribution is 2.37. The summed E-state index contributed by atoms with van der Waals surface area (Å²) in [5.74, 6) is -0.234. The molecule has 0 bridgehead atoms. The Bertz CT molecular complexity index is 760. The second-order valence-corrected chi connectivity index (χ2v) is 8.75.